The lowest BCUT2D eigenvalue weighted by Crippen LogP contribution is -2.15. The van der Waals surface area contributed by atoms with E-state index < -0.39 is 32.5 Å². The summed E-state index contributed by atoms with van der Waals surface area (Å²) in [5, 5.41) is 9.87. The van der Waals surface area contributed by atoms with Gasteiger partial charge in [0, 0.05) is 11.8 Å². The van der Waals surface area contributed by atoms with Crippen molar-refractivity contribution in [2.75, 3.05) is 11.8 Å². The molecule has 1 aliphatic heterocycles. The molecule has 0 saturated carbocycles. The van der Waals surface area contributed by atoms with Crippen molar-refractivity contribution in [2.45, 2.75) is 11.5 Å². The highest BCUT2D eigenvalue weighted by Crippen LogP contribution is 2.37. The number of methoxy groups -OCH3 is 1. The van der Waals surface area contributed by atoms with Crippen molar-refractivity contribution < 1.29 is 32.2 Å². The van der Waals surface area contributed by atoms with Crippen LogP contribution in [0.5, 0.6) is 11.6 Å². The molecule has 1 aromatic heterocycles. The maximum absolute atomic E-state index is 14.0. The second-order valence-electron chi connectivity index (χ2n) is 6.57. The number of phenolic OH excluding ortho intramolecular Hbond substituents is 1. The number of sulfonamides is 1. The topological polar surface area (TPSA) is 115 Å². The first-order valence-corrected chi connectivity index (χ1v) is 10.6. The Morgan fingerprint density at radius 2 is 2.00 bits per heavy atom. The van der Waals surface area contributed by atoms with Crippen molar-refractivity contribution >= 4 is 33.3 Å². The van der Waals surface area contributed by atoms with Crippen molar-refractivity contribution in [1.29, 1.82) is 0 Å². The van der Waals surface area contributed by atoms with E-state index in [9.17, 15) is 22.7 Å². The number of rotatable bonds is 1. The minimum absolute atomic E-state index is 0.0609. The minimum atomic E-state index is -4.44. The lowest BCUT2D eigenvalue weighted by atomic mass is 10.0. The molecule has 31 heavy (non-hydrogen) atoms. The van der Waals surface area contributed by atoms with Crippen LogP contribution in [0.3, 0.4) is 0 Å². The molecule has 1 aliphatic rings. The Hall–Kier alpha value is -3.37. The predicted molar refractivity (Wildman–Crippen MR) is 109 cm³/mol. The summed E-state index contributed by atoms with van der Waals surface area (Å²) < 4.78 is 52.6. The van der Waals surface area contributed by atoms with Crippen LogP contribution >= 0.6 is 11.6 Å². The summed E-state index contributed by atoms with van der Waals surface area (Å²) >= 11 is 5.94. The SMILES string of the molecule is COc1ncc2cc1NS(=O)(=O)c1cc(cc(Cl)c1O)C(=O)OCc1ccc(F)cc1-2. The number of esters is 1. The molecule has 4 bridgehead atoms. The summed E-state index contributed by atoms with van der Waals surface area (Å²) in [5.74, 6) is -2.23. The van der Waals surface area contributed by atoms with Gasteiger partial charge in [-0.2, -0.15) is 0 Å². The number of hydrogen-bond acceptors (Lipinski definition) is 7. The zero-order chi connectivity index (χ0) is 22.3. The normalized spacial score (nSPS) is 14.7. The lowest BCUT2D eigenvalue weighted by molar-refractivity contribution is 0.0473. The van der Waals surface area contributed by atoms with E-state index in [1.54, 1.807) is 0 Å². The van der Waals surface area contributed by atoms with Gasteiger partial charge in [-0.15, -0.1) is 0 Å². The highest BCUT2D eigenvalue weighted by atomic mass is 35.5. The van der Waals surface area contributed by atoms with Crippen LogP contribution in [0.1, 0.15) is 15.9 Å². The summed E-state index contributed by atoms with van der Waals surface area (Å²) in [6.45, 7) is -0.232. The van der Waals surface area contributed by atoms with Crippen LogP contribution in [-0.4, -0.2) is 31.6 Å². The number of pyridine rings is 1. The fourth-order valence-electron chi connectivity index (χ4n) is 3.10. The van der Waals surface area contributed by atoms with Crippen molar-refractivity contribution in [1.82, 2.24) is 4.98 Å². The molecule has 0 aliphatic carbocycles. The number of nitrogens with zero attached hydrogens (tertiary/aromatic N) is 1. The van der Waals surface area contributed by atoms with Crippen LogP contribution in [0.2, 0.25) is 5.02 Å². The molecule has 8 nitrogen and oxygen atoms in total. The van der Waals surface area contributed by atoms with E-state index in [1.807, 2.05) is 0 Å². The molecule has 4 rings (SSSR count). The Morgan fingerprint density at radius 3 is 2.74 bits per heavy atom. The number of carbonyl (C=O) groups is 1. The molecule has 0 saturated heterocycles. The third-order valence-electron chi connectivity index (χ3n) is 4.58. The highest BCUT2D eigenvalue weighted by Gasteiger charge is 2.26. The smallest absolute Gasteiger partial charge is 0.338 e. The van der Waals surface area contributed by atoms with Gasteiger partial charge in [-0.05, 0) is 41.5 Å². The van der Waals surface area contributed by atoms with E-state index in [1.165, 1.54) is 37.6 Å². The van der Waals surface area contributed by atoms with E-state index in [-0.39, 0.29) is 28.8 Å². The Bertz CT molecular complexity index is 1330. The standard InChI is InChI=1S/C20H14ClFN2O6S/c1-29-19-16-5-12(8-23-19)14-7-13(22)3-2-10(14)9-30-20(26)11-4-15(21)18(25)17(6-11)31(27,28)24-16/h2-8,24-25H,9H2,1H3. The number of cyclic esters (lactones) is 1. The highest BCUT2D eigenvalue weighted by molar-refractivity contribution is 7.92. The lowest BCUT2D eigenvalue weighted by Gasteiger charge is -2.14. The van der Waals surface area contributed by atoms with Crippen LogP contribution in [-0.2, 0) is 21.4 Å². The quantitative estimate of drug-likeness (QED) is 0.527. The molecule has 0 unspecified atom stereocenters. The molecule has 0 radical (unpaired) electrons. The molecule has 0 spiro atoms. The number of anilines is 1. The van der Waals surface area contributed by atoms with Crippen LogP contribution < -0.4 is 9.46 Å². The van der Waals surface area contributed by atoms with E-state index in [0.717, 1.165) is 12.1 Å². The van der Waals surface area contributed by atoms with Crippen molar-refractivity contribution in [3.05, 3.63) is 64.6 Å². The second-order valence-corrected chi connectivity index (χ2v) is 8.63. The van der Waals surface area contributed by atoms with Crippen LogP contribution in [0.25, 0.3) is 11.1 Å². The maximum atomic E-state index is 14.0. The average Bonchev–Trinajstić information content (AvgIpc) is 2.73. The molecular weight excluding hydrogens is 451 g/mol. The van der Waals surface area contributed by atoms with Gasteiger partial charge in [0.25, 0.3) is 10.0 Å². The molecule has 160 valence electrons. The summed E-state index contributed by atoms with van der Waals surface area (Å²) in [4.78, 5) is 16.0. The molecule has 0 atom stereocenters. The fraction of sp³-hybridized carbons (Fsp3) is 0.100. The largest absolute Gasteiger partial charge is 0.505 e. The van der Waals surface area contributed by atoms with Gasteiger partial charge in [0.2, 0.25) is 5.88 Å². The molecule has 11 heteroatoms. The van der Waals surface area contributed by atoms with Crippen LogP contribution in [0, 0.1) is 5.82 Å². The minimum Gasteiger partial charge on any atom is -0.505 e. The number of benzene rings is 2. The third kappa shape index (κ3) is 3.87. The number of nitrogens with one attached hydrogen (secondary N) is 1. The molecule has 2 aromatic carbocycles. The van der Waals surface area contributed by atoms with Crippen molar-refractivity contribution in [3.63, 3.8) is 0 Å². The van der Waals surface area contributed by atoms with Gasteiger partial charge >= 0.3 is 5.97 Å². The van der Waals surface area contributed by atoms with Crippen LogP contribution in [0.15, 0.2) is 47.5 Å². The Balaban J connectivity index is 2.00. The molecule has 3 aromatic rings. The molecule has 2 N–H and O–H groups in total. The second kappa shape index (κ2) is 7.71. The van der Waals surface area contributed by atoms with Gasteiger partial charge in [-0.25, -0.2) is 22.6 Å². The predicted octanol–water partition coefficient (Wildman–Crippen LogP) is 3.73. The monoisotopic (exact) mass is 464 g/mol. The van der Waals surface area contributed by atoms with E-state index in [4.69, 9.17) is 21.1 Å². The Labute approximate surface area is 181 Å². The number of ether oxygens (including phenoxy) is 2. The molecule has 0 fully saturated rings. The van der Waals surface area contributed by atoms with Gasteiger partial charge in [0.1, 0.15) is 23.0 Å². The zero-order valence-electron chi connectivity index (χ0n) is 15.8. The third-order valence-corrected chi connectivity index (χ3v) is 6.25. The first-order chi connectivity index (χ1) is 14.7. The summed E-state index contributed by atoms with van der Waals surface area (Å²) in [6, 6.07) is 7.30. The summed E-state index contributed by atoms with van der Waals surface area (Å²) in [6.07, 6.45) is 1.37. The van der Waals surface area contributed by atoms with Crippen molar-refractivity contribution in [3.8, 4) is 22.8 Å². The van der Waals surface area contributed by atoms with Gasteiger partial charge in [0.15, 0.2) is 5.75 Å². The fourth-order valence-corrected chi connectivity index (χ4v) is 4.57. The summed E-state index contributed by atoms with van der Waals surface area (Å²) in [5.41, 5.74) is 0.887. The number of aromatic hydroxyl groups is 1. The summed E-state index contributed by atoms with van der Waals surface area (Å²) in [7, 11) is -3.15. The number of carbonyl (C=O) groups excluding carboxylic acids is 1. The van der Waals surface area contributed by atoms with E-state index in [0.29, 0.717) is 16.7 Å². The molecule has 0 amide bonds. The Kier molecular flexibility index (Phi) is 5.19. The molecular formula is C20H14ClFN2O6S. The number of hydrogen-bond donors (Lipinski definition) is 2. The van der Waals surface area contributed by atoms with Gasteiger partial charge in [-0.1, -0.05) is 17.7 Å². The van der Waals surface area contributed by atoms with Crippen molar-refractivity contribution in [2.24, 2.45) is 0 Å². The maximum Gasteiger partial charge on any atom is 0.338 e. The van der Waals surface area contributed by atoms with E-state index in [2.05, 4.69) is 9.71 Å². The first kappa shape index (κ1) is 20.9. The average molecular weight is 465 g/mol. The van der Waals surface area contributed by atoms with Gasteiger partial charge < -0.3 is 14.6 Å². The van der Waals surface area contributed by atoms with E-state index >= 15 is 0 Å². The number of phenols is 1. The number of halogens is 2. The van der Waals surface area contributed by atoms with Gasteiger partial charge in [0.05, 0.1) is 17.7 Å². The first-order valence-electron chi connectivity index (χ1n) is 8.75. The Morgan fingerprint density at radius 1 is 1.23 bits per heavy atom. The number of aromatic nitrogens is 1. The zero-order valence-corrected chi connectivity index (χ0v) is 17.4. The van der Waals surface area contributed by atoms with Gasteiger partial charge in [-0.3, -0.25) is 4.72 Å². The van der Waals surface area contributed by atoms with Crippen LogP contribution in [0.4, 0.5) is 10.1 Å². The molecule has 2 heterocycles. The number of fused-ring (bicyclic) bond motifs is 6.